The Morgan fingerprint density at radius 2 is 1.71 bits per heavy atom. The molecule has 28 heavy (non-hydrogen) atoms. The number of hydrogen-bond donors (Lipinski definition) is 0. The van der Waals surface area contributed by atoms with Crippen LogP contribution in [0.25, 0.3) is 27.5 Å². The minimum atomic E-state index is 0.470. The highest BCUT2D eigenvalue weighted by molar-refractivity contribution is 5.93. The Balaban J connectivity index is 1.86. The Kier molecular flexibility index (Phi) is 4.94. The van der Waals surface area contributed by atoms with Crippen molar-refractivity contribution >= 4 is 21.8 Å². The first kappa shape index (κ1) is 18.0. The van der Waals surface area contributed by atoms with E-state index in [0.29, 0.717) is 30.2 Å². The number of ether oxygens (including phenoxy) is 4. The summed E-state index contributed by atoms with van der Waals surface area (Å²) in [5.74, 6) is 1.97. The molecule has 0 unspecified atom stereocenters. The van der Waals surface area contributed by atoms with Crippen LogP contribution in [0.15, 0.2) is 42.7 Å². The molecule has 2 heterocycles. The molecule has 0 radical (unpaired) electrons. The predicted octanol–water partition coefficient (Wildman–Crippen LogP) is 3.01. The molecule has 4 rings (SSSR count). The van der Waals surface area contributed by atoms with E-state index in [4.69, 9.17) is 18.9 Å². The average molecular weight is 380 g/mol. The van der Waals surface area contributed by atoms with Crippen molar-refractivity contribution in [1.82, 2.24) is 20.0 Å². The molecule has 0 bridgehead atoms. The molecule has 144 valence electrons. The first-order valence-electron chi connectivity index (χ1n) is 8.73. The molecule has 0 saturated carbocycles. The van der Waals surface area contributed by atoms with E-state index in [2.05, 4.69) is 15.3 Å². The maximum absolute atomic E-state index is 5.82. The SMILES string of the molecule is COCCOc1cccc2c1cnn2-c1cnnc2cc(OC)c(OC)cc12. The van der Waals surface area contributed by atoms with Gasteiger partial charge < -0.3 is 18.9 Å². The average Bonchev–Trinajstić information content (AvgIpc) is 3.17. The molecular formula is C20H20N4O4. The van der Waals surface area contributed by atoms with Crippen LogP contribution in [0.1, 0.15) is 0 Å². The number of rotatable bonds is 7. The highest BCUT2D eigenvalue weighted by atomic mass is 16.5. The fraction of sp³-hybridized carbons (Fsp3) is 0.250. The predicted molar refractivity (Wildman–Crippen MR) is 105 cm³/mol. The monoisotopic (exact) mass is 380 g/mol. The van der Waals surface area contributed by atoms with Crippen LogP contribution < -0.4 is 14.2 Å². The highest BCUT2D eigenvalue weighted by Gasteiger charge is 2.15. The number of fused-ring (bicyclic) bond motifs is 2. The lowest BCUT2D eigenvalue weighted by Crippen LogP contribution is -2.04. The first-order valence-corrected chi connectivity index (χ1v) is 8.73. The number of aromatic nitrogens is 4. The van der Waals surface area contributed by atoms with Crippen LogP contribution in [-0.4, -0.2) is 54.5 Å². The summed E-state index contributed by atoms with van der Waals surface area (Å²) in [5, 5.41) is 14.7. The molecule has 0 aliphatic rings. The van der Waals surface area contributed by atoms with Crippen LogP contribution in [0.5, 0.6) is 17.2 Å². The van der Waals surface area contributed by atoms with Gasteiger partial charge in [0.05, 0.1) is 55.3 Å². The van der Waals surface area contributed by atoms with E-state index in [1.165, 1.54) is 0 Å². The van der Waals surface area contributed by atoms with Crippen molar-refractivity contribution in [2.24, 2.45) is 0 Å². The summed E-state index contributed by atoms with van der Waals surface area (Å²) < 4.78 is 23.5. The second-order valence-corrected chi connectivity index (χ2v) is 6.04. The Bertz CT molecular complexity index is 1130. The molecule has 0 aliphatic heterocycles. The van der Waals surface area contributed by atoms with Crippen LogP contribution in [0, 0.1) is 0 Å². The zero-order chi connectivity index (χ0) is 19.5. The van der Waals surface area contributed by atoms with Crippen LogP contribution in [0.3, 0.4) is 0 Å². The summed E-state index contributed by atoms with van der Waals surface area (Å²) in [6, 6.07) is 9.52. The molecule has 4 aromatic rings. The van der Waals surface area contributed by atoms with Gasteiger partial charge >= 0.3 is 0 Å². The van der Waals surface area contributed by atoms with Crippen molar-refractivity contribution in [3.8, 4) is 22.9 Å². The Hall–Kier alpha value is -3.39. The van der Waals surface area contributed by atoms with Gasteiger partial charge in [-0.05, 0) is 18.2 Å². The van der Waals surface area contributed by atoms with E-state index >= 15 is 0 Å². The largest absolute Gasteiger partial charge is 0.493 e. The van der Waals surface area contributed by atoms with Crippen molar-refractivity contribution in [2.75, 3.05) is 34.5 Å². The van der Waals surface area contributed by atoms with Gasteiger partial charge in [-0.15, -0.1) is 0 Å². The van der Waals surface area contributed by atoms with E-state index < -0.39 is 0 Å². The van der Waals surface area contributed by atoms with Crippen LogP contribution in [0.4, 0.5) is 0 Å². The minimum absolute atomic E-state index is 0.470. The molecule has 8 heteroatoms. The topological polar surface area (TPSA) is 80.5 Å². The van der Waals surface area contributed by atoms with Crippen molar-refractivity contribution < 1.29 is 18.9 Å². The molecule has 0 saturated heterocycles. The fourth-order valence-corrected chi connectivity index (χ4v) is 3.12. The number of benzene rings is 2. The van der Waals surface area contributed by atoms with Gasteiger partial charge in [0.25, 0.3) is 0 Å². The van der Waals surface area contributed by atoms with E-state index in [0.717, 1.165) is 27.7 Å². The van der Waals surface area contributed by atoms with Gasteiger partial charge in [-0.2, -0.15) is 15.3 Å². The number of methoxy groups -OCH3 is 3. The maximum Gasteiger partial charge on any atom is 0.162 e. The van der Waals surface area contributed by atoms with E-state index in [9.17, 15) is 0 Å². The second kappa shape index (κ2) is 7.69. The van der Waals surface area contributed by atoms with Gasteiger partial charge in [0, 0.05) is 18.6 Å². The summed E-state index contributed by atoms with van der Waals surface area (Å²) >= 11 is 0. The summed E-state index contributed by atoms with van der Waals surface area (Å²) in [6.07, 6.45) is 3.46. The summed E-state index contributed by atoms with van der Waals surface area (Å²) in [4.78, 5) is 0. The lowest BCUT2D eigenvalue weighted by molar-refractivity contribution is 0.147. The van der Waals surface area contributed by atoms with E-state index in [1.54, 1.807) is 39.8 Å². The lowest BCUT2D eigenvalue weighted by atomic mass is 10.1. The molecule has 0 amide bonds. The van der Waals surface area contributed by atoms with Crippen LogP contribution in [-0.2, 0) is 4.74 Å². The zero-order valence-corrected chi connectivity index (χ0v) is 15.9. The zero-order valence-electron chi connectivity index (χ0n) is 15.9. The van der Waals surface area contributed by atoms with Gasteiger partial charge in [0.15, 0.2) is 11.5 Å². The third-order valence-corrected chi connectivity index (χ3v) is 4.47. The highest BCUT2D eigenvalue weighted by Crippen LogP contribution is 2.35. The van der Waals surface area contributed by atoms with Gasteiger partial charge in [0.2, 0.25) is 0 Å². The van der Waals surface area contributed by atoms with Gasteiger partial charge in [-0.25, -0.2) is 4.68 Å². The smallest absolute Gasteiger partial charge is 0.162 e. The fourth-order valence-electron chi connectivity index (χ4n) is 3.12. The quantitative estimate of drug-likeness (QED) is 0.456. The van der Waals surface area contributed by atoms with Gasteiger partial charge in [-0.1, -0.05) is 6.07 Å². The molecular weight excluding hydrogens is 360 g/mol. The van der Waals surface area contributed by atoms with Crippen molar-refractivity contribution in [3.63, 3.8) is 0 Å². The minimum Gasteiger partial charge on any atom is -0.493 e. The number of hydrogen-bond acceptors (Lipinski definition) is 7. The van der Waals surface area contributed by atoms with E-state index in [-0.39, 0.29) is 0 Å². The van der Waals surface area contributed by atoms with Crippen LogP contribution in [0.2, 0.25) is 0 Å². The standard InChI is InChI=1S/C20H20N4O4/c1-25-7-8-28-18-6-4-5-16-14(18)11-22-24(16)17-12-21-23-15-10-20(27-3)19(26-2)9-13(15)17/h4-6,9-12H,7-8H2,1-3H3. The summed E-state index contributed by atoms with van der Waals surface area (Å²) in [5.41, 5.74) is 2.38. The molecule has 0 N–H and O–H groups in total. The molecule has 8 nitrogen and oxygen atoms in total. The van der Waals surface area contributed by atoms with E-state index in [1.807, 2.05) is 28.9 Å². The lowest BCUT2D eigenvalue weighted by Gasteiger charge is -2.12. The normalized spacial score (nSPS) is 11.1. The summed E-state index contributed by atoms with van der Waals surface area (Å²) in [7, 11) is 4.84. The third-order valence-electron chi connectivity index (χ3n) is 4.47. The summed E-state index contributed by atoms with van der Waals surface area (Å²) in [6.45, 7) is 0.989. The van der Waals surface area contributed by atoms with Crippen molar-refractivity contribution in [3.05, 3.63) is 42.7 Å². The van der Waals surface area contributed by atoms with Gasteiger partial charge in [-0.3, -0.25) is 0 Å². The first-order chi connectivity index (χ1) is 13.8. The van der Waals surface area contributed by atoms with Crippen LogP contribution >= 0.6 is 0 Å². The second-order valence-electron chi connectivity index (χ2n) is 6.04. The molecule has 0 spiro atoms. The molecule has 2 aromatic carbocycles. The Morgan fingerprint density at radius 1 is 0.893 bits per heavy atom. The van der Waals surface area contributed by atoms with Gasteiger partial charge in [0.1, 0.15) is 12.4 Å². The van der Waals surface area contributed by atoms with Crippen molar-refractivity contribution in [1.29, 1.82) is 0 Å². The molecule has 0 fully saturated rings. The third kappa shape index (κ3) is 3.07. The molecule has 0 aliphatic carbocycles. The number of nitrogens with zero attached hydrogens (tertiary/aromatic N) is 4. The van der Waals surface area contributed by atoms with Crippen molar-refractivity contribution in [2.45, 2.75) is 0 Å². The molecule has 2 aromatic heterocycles. The Labute approximate surface area is 161 Å². The maximum atomic E-state index is 5.82. The Morgan fingerprint density at radius 3 is 2.50 bits per heavy atom. The molecule has 0 atom stereocenters.